The highest BCUT2D eigenvalue weighted by molar-refractivity contribution is 6.33. The van der Waals surface area contributed by atoms with Crippen molar-refractivity contribution in [3.8, 4) is 11.5 Å². The lowest BCUT2D eigenvalue weighted by molar-refractivity contribution is 0.116. The Balaban J connectivity index is 2.24. The van der Waals surface area contributed by atoms with E-state index in [-0.39, 0.29) is 6.10 Å². The molecule has 5 nitrogen and oxygen atoms in total. The molecule has 1 aromatic heterocycles. The standard InChI is InChI=1S/C12H14ClN3O2/c1-7(17-2)5-11-15-12(18-16-11)9-4-3-8(14)6-10(9)13/h3-4,6-7H,5,14H2,1-2H3. The van der Waals surface area contributed by atoms with Crippen molar-refractivity contribution >= 4 is 17.3 Å². The fraction of sp³-hybridized carbons (Fsp3) is 0.333. The molecular weight excluding hydrogens is 254 g/mol. The number of nitrogen functional groups attached to an aromatic ring is 1. The highest BCUT2D eigenvalue weighted by Gasteiger charge is 2.14. The number of anilines is 1. The van der Waals surface area contributed by atoms with Crippen LogP contribution in [0.2, 0.25) is 5.02 Å². The minimum Gasteiger partial charge on any atom is -0.399 e. The Hall–Kier alpha value is -1.59. The van der Waals surface area contributed by atoms with E-state index in [1.807, 2.05) is 6.92 Å². The van der Waals surface area contributed by atoms with Crippen LogP contribution in [-0.2, 0) is 11.2 Å². The Kier molecular flexibility index (Phi) is 3.84. The van der Waals surface area contributed by atoms with Crippen LogP contribution in [0.4, 0.5) is 5.69 Å². The highest BCUT2D eigenvalue weighted by Crippen LogP contribution is 2.28. The van der Waals surface area contributed by atoms with Crippen molar-refractivity contribution in [2.45, 2.75) is 19.4 Å². The van der Waals surface area contributed by atoms with Gasteiger partial charge in [-0.3, -0.25) is 0 Å². The van der Waals surface area contributed by atoms with Gasteiger partial charge in [-0.2, -0.15) is 4.98 Å². The molecule has 0 bridgehead atoms. The molecule has 0 fully saturated rings. The first-order valence-corrected chi connectivity index (χ1v) is 5.88. The zero-order valence-corrected chi connectivity index (χ0v) is 10.9. The normalized spacial score (nSPS) is 12.6. The lowest BCUT2D eigenvalue weighted by Crippen LogP contribution is -2.09. The maximum Gasteiger partial charge on any atom is 0.259 e. The number of ether oxygens (including phenoxy) is 1. The van der Waals surface area contributed by atoms with Gasteiger partial charge in [0.05, 0.1) is 16.7 Å². The average Bonchev–Trinajstić information content (AvgIpc) is 2.77. The quantitative estimate of drug-likeness (QED) is 0.862. The van der Waals surface area contributed by atoms with E-state index in [1.165, 1.54) is 0 Å². The average molecular weight is 268 g/mol. The predicted molar refractivity (Wildman–Crippen MR) is 69.3 cm³/mol. The van der Waals surface area contributed by atoms with E-state index in [2.05, 4.69) is 10.1 Å². The number of hydrogen-bond donors (Lipinski definition) is 1. The molecule has 0 aliphatic heterocycles. The van der Waals surface area contributed by atoms with Crippen molar-refractivity contribution in [1.82, 2.24) is 10.1 Å². The molecule has 0 saturated heterocycles. The second-order valence-corrected chi connectivity index (χ2v) is 4.41. The topological polar surface area (TPSA) is 74.2 Å². The summed E-state index contributed by atoms with van der Waals surface area (Å²) < 4.78 is 10.3. The lowest BCUT2D eigenvalue weighted by Gasteiger charge is -2.04. The summed E-state index contributed by atoms with van der Waals surface area (Å²) in [7, 11) is 1.64. The molecule has 1 heterocycles. The smallest absolute Gasteiger partial charge is 0.259 e. The van der Waals surface area contributed by atoms with E-state index >= 15 is 0 Å². The second kappa shape index (κ2) is 5.37. The summed E-state index contributed by atoms with van der Waals surface area (Å²) in [6, 6.07) is 5.15. The van der Waals surface area contributed by atoms with E-state index in [4.69, 9.17) is 26.6 Å². The summed E-state index contributed by atoms with van der Waals surface area (Å²) >= 11 is 6.07. The fourth-order valence-corrected chi connectivity index (χ4v) is 1.76. The van der Waals surface area contributed by atoms with Gasteiger partial charge in [0, 0.05) is 19.2 Å². The van der Waals surface area contributed by atoms with Gasteiger partial charge in [0.2, 0.25) is 0 Å². The summed E-state index contributed by atoms with van der Waals surface area (Å²) in [5, 5.41) is 4.38. The van der Waals surface area contributed by atoms with Crippen molar-refractivity contribution in [1.29, 1.82) is 0 Å². The Morgan fingerprint density at radius 3 is 2.94 bits per heavy atom. The van der Waals surface area contributed by atoms with Crippen molar-refractivity contribution in [2.24, 2.45) is 0 Å². The second-order valence-electron chi connectivity index (χ2n) is 4.01. The molecule has 1 atom stereocenters. The van der Waals surface area contributed by atoms with Crippen LogP contribution in [-0.4, -0.2) is 23.4 Å². The van der Waals surface area contributed by atoms with Crippen LogP contribution in [0.25, 0.3) is 11.5 Å². The molecule has 0 aliphatic rings. The van der Waals surface area contributed by atoms with Crippen LogP contribution < -0.4 is 5.73 Å². The van der Waals surface area contributed by atoms with E-state index in [0.717, 1.165) is 0 Å². The van der Waals surface area contributed by atoms with Gasteiger partial charge in [0.1, 0.15) is 0 Å². The SMILES string of the molecule is COC(C)Cc1noc(-c2ccc(N)cc2Cl)n1. The number of methoxy groups -OCH3 is 1. The van der Waals surface area contributed by atoms with Gasteiger partial charge in [-0.15, -0.1) is 0 Å². The van der Waals surface area contributed by atoms with Gasteiger partial charge in [0.15, 0.2) is 5.82 Å². The Morgan fingerprint density at radius 1 is 1.50 bits per heavy atom. The summed E-state index contributed by atoms with van der Waals surface area (Å²) in [4.78, 5) is 4.28. The molecule has 18 heavy (non-hydrogen) atoms. The summed E-state index contributed by atoms with van der Waals surface area (Å²) in [5.74, 6) is 0.977. The molecular formula is C12H14ClN3O2. The summed E-state index contributed by atoms with van der Waals surface area (Å²) in [5.41, 5.74) is 6.90. The first kappa shape index (κ1) is 12.9. The molecule has 0 radical (unpaired) electrons. The number of nitrogens with zero attached hydrogens (tertiary/aromatic N) is 2. The van der Waals surface area contributed by atoms with E-state index in [1.54, 1.807) is 25.3 Å². The minimum atomic E-state index is 0.0392. The number of nitrogens with two attached hydrogens (primary N) is 1. The highest BCUT2D eigenvalue weighted by atomic mass is 35.5. The van der Waals surface area contributed by atoms with Crippen LogP contribution in [0.5, 0.6) is 0 Å². The molecule has 0 amide bonds. The van der Waals surface area contributed by atoms with Gasteiger partial charge in [0.25, 0.3) is 5.89 Å². The third-order valence-electron chi connectivity index (χ3n) is 2.56. The van der Waals surface area contributed by atoms with E-state index in [0.29, 0.717) is 34.4 Å². The molecule has 2 aromatic rings. The van der Waals surface area contributed by atoms with Gasteiger partial charge in [-0.25, -0.2) is 0 Å². The van der Waals surface area contributed by atoms with Crippen LogP contribution in [0.1, 0.15) is 12.7 Å². The predicted octanol–water partition coefficient (Wildman–Crippen LogP) is 2.55. The lowest BCUT2D eigenvalue weighted by atomic mass is 10.2. The monoisotopic (exact) mass is 267 g/mol. The largest absolute Gasteiger partial charge is 0.399 e. The molecule has 2 N–H and O–H groups in total. The molecule has 0 saturated carbocycles. The maximum atomic E-state index is 6.07. The number of hydrogen-bond acceptors (Lipinski definition) is 5. The van der Waals surface area contributed by atoms with E-state index < -0.39 is 0 Å². The van der Waals surface area contributed by atoms with Crippen LogP contribution in [0, 0.1) is 0 Å². The molecule has 0 spiro atoms. The van der Waals surface area contributed by atoms with Crippen molar-refractivity contribution in [3.63, 3.8) is 0 Å². The Morgan fingerprint density at radius 2 is 2.28 bits per heavy atom. The van der Waals surface area contributed by atoms with E-state index in [9.17, 15) is 0 Å². The number of benzene rings is 1. The number of aromatic nitrogens is 2. The van der Waals surface area contributed by atoms with Crippen molar-refractivity contribution in [2.75, 3.05) is 12.8 Å². The van der Waals surface area contributed by atoms with Gasteiger partial charge >= 0.3 is 0 Å². The zero-order valence-electron chi connectivity index (χ0n) is 10.2. The van der Waals surface area contributed by atoms with Crippen LogP contribution in [0.15, 0.2) is 22.7 Å². The van der Waals surface area contributed by atoms with Crippen molar-refractivity contribution < 1.29 is 9.26 Å². The fourth-order valence-electron chi connectivity index (χ4n) is 1.49. The first-order valence-electron chi connectivity index (χ1n) is 5.51. The Labute approximate surface area is 110 Å². The summed E-state index contributed by atoms with van der Waals surface area (Å²) in [6.45, 7) is 1.94. The summed E-state index contributed by atoms with van der Waals surface area (Å²) in [6.07, 6.45) is 0.629. The number of halogens is 1. The molecule has 96 valence electrons. The maximum absolute atomic E-state index is 6.07. The van der Waals surface area contributed by atoms with Crippen LogP contribution >= 0.6 is 11.6 Å². The third kappa shape index (κ3) is 2.80. The molecule has 1 unspecified atom stereocenters. The minimum absolute atomic E-state index is 0.0392. The zero-order chi connectivity index (χ0) is 13.1. The number of rotatable bonds is 4. The first-order chi connectivity index (χ1) is 8.60. The van der Waals surface area contributed by atoms with Gasteiger partial charge < -0.3 is 15.0 Å². The third-order valence-corrected chi connectivity index (χ3v) is 2.88. The molecule has 2 rings (SSSR count). The van der Waals surface area contributed by atoms with Crippen LogP contribution in [0.3, 0.4) is 0 Å². The molecule has 6 heteroatoms. The Bertz CT molecular complexity index is 542. The van der Waals surface area contributed by atoms with Crippen molar-refractivity contribution in [3.05, 3.63) is 29.0 Å². The van der Waals surface area contributed by atoms with Gasteiger partial charge in [-0.05, 0) is 25.1 Å². The molecule has 1 aromatic carbocycles. The van der Waals surface area contributed by atoms with Gasteiger partial charge in [-0.1, -0.05) is 16.8 Å². The molecule has 0 aliphatic carbocycles.